The lowest BCUT2D eigenvalue weighted by Gasteiger charge is -2.02. The van der Waals surface area contributed by atoms with E-state index in [-0.39, 0.29) is 5.69 Å². The molecule has 0 atom stereocenters. The number of aromatic nitrogens is 1. The largest absolute Gasteiger partial charge is 0.332 e. The van der Waals surface area contributed by atoms with E-state index in [1.54, 1.807) is 12.1 Å². The van der Waals surface area contributed by atoms with E-state index >= 15 is 0 Å². The molecular formula is C15H10BrN3O2S. The molecule has 2 aromatic carbocycles. The SMILES string of the molecule is O=[N+]([O-])c1ccc(-c2csc(Nc3ccc(Br)cc3)n2)cc1. The van der Waals surface area contributed by atoms with Crippen molar-refractivity contribution < 1.29 is 4.92 Å². The molecule has 7 heteroatoms. The van der Waals surface area contributed by atoms with Gasteiger partial charge >= 0.3 is 0 Å². The third kappa shape index (κ3) is 3.32. The minimum absolute atomic E-state index is 0.0761. The van der Waals surface area contributed by atoms with Gasteiger partial charge in [0, 0.05) is 33.2 Å². The number of nitrogens with one attached hydrogen (secondary N) is 1. The lowest BCUT2D eigenvalue weighted by molar-refractivity contribution is -0.384. The maximum absolute atomic E-state index is 10.7. The Labute approximate surface area is 138 Å². The van der Waals surface area contributed by atoms with Gasteiger partial charge in [0.2, 0.25) is 0 Å². The molecule has 5 nitrogen and oxygen atoms in total. The summed E-state index contributed by atoms with van der Waals surface area (Å²) < 4.78 is 1.02. The monoisotopic (exact) mass is 375 g/mol. The third-order valence-corrected chi connectivity index (χ3v) is 4.26. The lowest BCUT2D eigenvalue weighted by atomic mass is 10.1. The number of halogens is 1. The van der Waals surface area contributed by atoms with Gasteiger partial charge in [0.15, 0.2) is 5.13 Å². The molecule has 3 aromatic rings. The molecule has 0 aliphatic carbocycles. The van der Waals surface area contributed by atoms with Crippen LogP contribution in [0.3, 0.4) is 0 Å². The molecule has 0 saturated carbocycles. The molecule has 0 bridgehead atoms. The van der Waals surface area contributed by atoms with E-state index < -0.39 is 4.92 Å². The maximum atomic E-state index is 10.7. The summed E-state index contributed by atoms with van der Waals surface area (Å²) in [6.45, 7) is 0. The Morgan fingerprint density at radius 2 is 1.77 bits per heavy atom. The predicted octanol–water partition coefficient (Wildman–Crippen LogP) is 5.22. The average molecular weight is 376 g/mol. The number of hydrogen-bond acceptors (Lipinski definition) is 5. The summed E-state index contributed by atoms with van der Waals surface area (Å²) >= 11 is 4.88. The second-order valence-electron chi connectivity index (χ2n) is 4.47. The van der Waals surface area contributed by atoms with Crippen LogP contribution in [0.5, 0.6) is 0 Å². The van der Waals surface area contributed by atoms with Crippen molar-refractivity contribution in [3.8, 4) is 11.3 Å². The fraction of sp³-hybridized carbons (Fsp3) is 0. The van der Waals surface area contributed by atoms with E-state index in [9.17, 15) is 10.1 Å². The van der Waals surface area contributed by atoms with Crippen molar-refractivity contribution in [1.82, 2.24) is 4.98 Å². The first-order chi connectivity index (χ1) is 10.6. The molecule has 0 spiro atoms. The Bertz CT molecular complexity index is 800. The van der Waals surface area contributed by atoms with Crippen LogP contribution in [-0.2, 0) is 0 Å². The Hall–Kier alpha value is -2.25. The van der Waals surface area contributed by atoms with Crippen molar-refractivity contribution in [2.45, 2.75) is 0 Å². The van der Waals surface area contributed by atoms with E-state index in [0.29, 0.717) is 0 Å². The highest BCUT2D eigenvalue weighted by Crippen LogP contribution is 2.28. The first-order valence-corrected chi connectivity index (χ1v) is 8.02. The molecule has 110 valence electrons. The van der Waals surface area contributed by atoms with E-state index in [1.165, 1.54) is 23.5 Å². The fourth-order valence-corrected chi connectivity index (χ4v) is 2.88. The summed E-state index contributed by atoms with van der Waals surface area (Å²) in [7, 11) is 0. The smallest absolute Gasteiger partial charge is 0.269 e. The zero-order chi connectivity index (χ0) is 15.5. The number of nitrogens with zero attached hydrogens (tertiary/aromatic N) is 2. The van der Waals surface area contributed by atoms with Gasteiger partial charge < -0.3 is 5.32 Å². The van der Waals surface area contributed by atoms with Gasteiger partial charge in [-0.3, -0.25) is 10.1 Å². The normalized spacial score (nSPS) is 10.4. The summed E-state index contributed by atoms with van der Waals surface area (Å²) in [5.41, 5.74) is 2.67. The van der Waals surface area contributed by atoms with Crippen LogP contribution >= 0.6 is 27.3 Å². The highest BCUT2D eigenvalue weighted by atomic mass is 79.9. The van der Waals surface area contributed by atoms with Crippen LogP contribution in [-0.4, -0.2) is 9.91 Å². The number of nitro groups is 1. The van der Waals surface area contributed by atoms with Gasteiger partial charge in [-0.2, -0.15) is 0 Å². The van der Waals surface area contributed by atoms with E-state index in [2.05, 4.69) is 26.2 Å². The summed E-state index contributed by atoms with van der Waals surface area (Å²) in [6.07, 6.45) is 0. The van der Waals surface area contributed by atoms with Crippen molar-refractivity contribution in [3.05, 3.63) is 68.5 Å². The molecule has 0 aliphatic rings. The number of hydrogen-bond donors (Lipinski definition) is 1. The Morgan fingerprint density at radius 1 is 1.09 bits per heavy atom. The van der Waals surface area contributed by atoms with Gasteiger partial charge in [-0.25, -0.2) is 4.98 Å². The topological polar surface area (TPSA) is 68.1 Å². The fourth-order valence-electron chi connectivity index (χ4n) is 1.87. The molecule has 0 radical (unpaired) electrons. The van der Waals surface area contributed by atoms with Gasteiger partial charge in [0.05, 0.1) is 10.6 Å². The quantitative estimate of drug-likeness (QED) is 0.500. The van der Waals surface area contributed by atoms with Crippen molar-refractivity contribution in [1.29, 1.82) is 0 Å². The predicted molar refractivity (Wildman–Crippen MR) is 91.6 cm³/mol. The van der Waals surface area contributed by atoms with Crippen molar-refractivity contribution >= 4 is 43.8 Å². The van der Waals surface area contributed by atoms with Gasteiger partial charge in [0.25, 0.3) is 5.69 Å². The zero-order valence-electron chi connectivity index (χ0n) is 11.2. The molecule has 1 aromatic heterocycles. The van der Waals surface area contributed by atoms with Crippen LogP contribution in [0.1, 0.15) is 0 Å². The number of non-ortho nitro benzene ring substituents is 1. The highest BCUT2D eigenvalue weighted by Gasteiger charge is 2.08. The molecule has 0 fully saturated rings. The summed E-state index contributed by atoms with van der Waals surface area (Å²) in [6, 6.07) is 14.2. The minimum Gasteiger partial charge on any atom is -0.332 e. The van der Waals surface area contributed by atoms with Crippen molar-refractivity contribution in [3.63, 3.8) is 0 Å². The Balaban J connectivity index is 1.78. The van der Waals surface area contributed by atoms with Crippen molar-refractivity contribution in [2.24, 2.45) is 0 Å². The molecule has 1 N–H and O–H groups in total. The molecule has 1 heterocycles. The minimum atomic E-state index is -0.411. The van der Waals surface area contributed by atoms with Crippen LogP contribution in [0.4, 0.5) is 16.5 Å². The van der Waals surface area contributed by atoms with Gasteiger partial charge in [-0.05, 0) is 36.4 Å². The third-order valence-electron chi connectivity index (χ3n) is 2.97. The van der Waals surface area contributed by atoms with Gasteiger partial charge in [-0.15, -0.1) is 11.3 Å². The molecule has 3 rings (SSSR count). The van der Waals surface area contributed by atoms with Crippen LogP contribution in [0.2, 0.25) is 0 Å². The Kier molecular flexibility index (Phi) is 4.17. The number of anilines is 2. The van der Waals surface area contributed by atoms with E-state index in [0.717, 1.165) is 26.5 Å². The molecule has 22 heavy (non-hydrogen) atoms. The number of benzene rings is 2. The second-order valence-corrected chi connectivity index (χ2v) is 6.25. The molecule has 0 aliphatic heterocycles. The first kappa shape index (κ1) is 14.7. The molecular weight excluding hydrogens is 366 g/mol. The first-order valence-electron chi connectivity index (χ1n) is 6.35. The summed E-state index contributed by atoms with van der Waals surface area (Å²) in [5, 5.41) is 16.6. The van der Waals surface area contributed by atoms with E-state index in [1.807, 2.05) is 29.6 Å². The maximum Gasteiger partial charge on any atom is 0.269 e. The van der Waals surface area contributed by atoms with Crippen LogP contribution < -0.4 is 5.32 Å². The lowest BCUT2D eigenvalue weighted by Crippen LogP contribution is -1.89. The van der Waals surface area contributed by atoms with Crippen LogP contribution in [0.25, 0.3) is 11.3 Å². The second kappa shape index (κ2) is 6.25. The van der Waals surface area contributed by atoms with Crippen LogP contribution in [0.15, 0.2) is 58.4 Å². The van der Waals surface area contributed by atoms with Crippen molar-refractivity contribution in [2.75, 3.05) is 5.32 Å². The molecule has 0 unspecified atom stereocenters. The Morgan fingerprint density at radius 3 is 2.41 bits per heavy atom. The zero-order valence-corrected chi connectivity index (χ0v) is 13.6. The van der Waals surface area contributed by atoms with E-state index in [4.69, 9.17) is 0 Å². The standard InChI is InChI=1S/C15H10BrN3O2S/c16-11-3-5-12(6-4-11)17-15-18-14(9-22-15)10-1-7-13(8-2-10)19(20)21/h1-9H,(H,17,18). The highest BCUT2D eigenvalue weighted by molar-refractivity contribution is 9.10. The van der Waals surface area contributed by atoms with Gasteiger partial charge in [-0.1, -0.05) is 15.9 Å². The molecule has 0 saturated heterocycles. The number of thiazole rings is 1. The summed E-state index contributed by atoms with van der Waals surface area (Å²) in [5.74, 6) is 0. The average Bonchev–Trinajstić information content (AvgIpc) is 2.98. The molecule has 0 amide bonds. The van der Waals surface area contributed by atoms with Crippen LogP contribution in [0, 0.1) is 10.1 Å². The number of rotatable bonds is 4. The van der Waals surface area contributed by atoms with Gasteiger partial charge in [0.1, 0.15) is 0 Å². The number of nitro benzene ring substituents is 1. The summed E-state index contributed by atoms with van der Waals surface area (Å²) in [4.78, 5) is 14.7.